The maximum absolute atomic E-state index is 4.56. The van der Waals surface area contributed by atoms with Crippen molar-refractivity contribution >= 4 is 11.3 Å². The Morgan fingerprint density at radius 2 is 2.00 bits per heavy atom. The molecule has 0 bridgehead atoms. The van der Waals surface area contributed by atoms with Crippen molar-refractivity contribution in [3.8, 4) is 0 Å². The van der Waals surface area contributed by atoms with Crippen molar-refractivity contribution in [3.05, 3.63) is 52.0 Å². The molecule has 19 heavy (non-hydrogen) atoms. The van der Waals surface area contributed by atoms with Crippen molar-refractivity contribution in [2.75, 3.05) is 0 Å². The van der Waals surface area contributed by atoms with Crippen molar-refractivity contribution in [2.45, 2.75) is 45.7 Å². The van der Waals surface area contributed by atoms with E-state index in [9.17, 15) is 0 Å². The number of nitrogens with zero attached hydrogens (tertiary/aromatic N) is 1. The van der Waals surface area contributed by atoms with Gasteiger partial charge in [0.2, 0.25) is 0 Å². The zero-order valence-electron chi connectivity index (χ0n) is 11.9. The summed E-state index contributed by atoms with van der Waals surface area (Å²) < 4.78 is 0. The summed E-state index contributed by atoms with van der Waals surface area (Å²) >= 11 is 1.74. The highest BCUT2D eigenvalue weighted by Gasteiger charge is 2.14. The second kappa shape index (κ2) is 6.83. The summed E-state index contributed by atoms with van der Waals surface area (Å²) in [5.74, 6) is 0. The molecule has 0 saturated carbocycles. The summed E-state index contributed by atoms with van der Waals surface area (Å²) in [4.78, 5) is 4.56. The molecule has 0 fully saturated rings. The molecule has 1 N–H and O–H groups in total. The molecule has 0 aliphatic rings. The van der Waals surface area contributed by atoms with Crippen LogP contribution >= 0.6 is 11.3 Å². The topological polar surface area (TPSA) is 24.9 Å². The molecule has 102 valence electrons. The Morgan fingerprint density at radius 1 is 1.26 bits per heavy atom. The number of hydrogen-bond donors (Lipinski definition) is 1. The van der Waals surface area contributed by atoms with Gasteiger partial charge in [-0.1, -0.05) is 37.3 Å². The van der Waals surface area contributed by atoms with Crippen LogP contribution in [-0.4, -0.2) is 11.0 Å². The zero-order valence-corrected chi connectivity index (χ0v) is 12.7. The third kappa shape index (κ3) is 4.15. The van der Waals surface area contributed by atoms with Gasteiger partial charge in [0, 0.05) is 17.1 Å². The molecule has 2 aromatic rings. The smallest absolute Gasteiger partial charge is 0.110 e. The number of aromatic nitrogens is 1. The fourth-order valence-electron chi connectivity index (χ4n) is 2.22. The van der Waals surface area contributed by atoms with E-state index in [1.807, 2.05) is 6.92 Å². The normalized spacial score (nSPS) is 14.3. The quantitative estimate of drug-likeness (QED) is 0.857. The van der Waals surface area contributed by atoms with Crippen LogP contribution in [0.3, 0.4) is 0 Å². The fraction of sp³-hybridized carbons (Fsp3) is 0.438. The number of benzene rings is 1. The number of aryl methyl sites for hydroxylation is 1. The van der Waals surface area contributed by atoms with Crippen LogP contribution in [0, 0.1) is 6.92 Å². The molecule has 0 spiro atoms. The van der Waals surface area contributed by atoms with Crippen LogP contribution in [0.2, 0.25) is 0 Å². The molecule has 1 heterocycles. The lowest BCUT2D eigenvalue weighted by Gasteiger charge is -2.21. The molecule has 2 rings (SSSR count). The summed E-state index contributed by atoms with van der Waals surface area (Å²) in [7, 11) is 0. The first-order valence-corrected chi connectivity index (χ1v) is 7.79. The Morgan fingerprint density at radius 3 is 2.58 bits per heavy atom. The molecular weight excluding hydrogens is 252 g/mol. The summed E-state index contributed by atoms with van der Waals surface area (Å²) in [6.07, 6.45) is 2.20. The maximum atomic E-state index is 4.56. The average molecular weight is 274 g/mol. The molecule has 0 radical (unpaired) electrons. The van der Waals surface area contributed by atoms with Crippen molar-refractivity contribution < 1.29 is 0 Å². The Labute approximate surface area is 119 Å². The second-order valence-corrected chi connectivity index (χ2v) is 5.90. The molecule has 0 saturated heterocycles. The molecule has 1 aromatic heterocycles. The third-order valence-electron chi connectivity index (χ3n) is 3.31. The van der Waals surface area contributed by atoms with E-state index in [-0.39, 0.29) is 0 Å². The highest BCUT2D eigenvalue weighted by molar-refractivity contribution is 7.09. The minimum atomic E-state index is 0.326. The van der Waals surface area contributed by atoms with Gasteiger partial charge in [-0.25, -0.2) is 4.98 Å². The summed E-state index contributed by atoms with van der Waals surface area (Å²) in [6.45, 7) is 6.49. The first-order chi connectivity index (χ1) is 9.19. The lowest BCUT2D eigenvalue weighted by molar-refractivity contribution is 0.439. The highest BCUT2D eigenvalue weighted by Crippen LogP contribution is 2.19. The Kier molecular flexibility index (Phi) is 5.11. The Balaban J connectivity index is 1.95. The van der Waals surface area contributed by atoms with Gasteiger partial charge in [-0.2, -0.15) is 0 Å². The number of nitrogens with one attached hydrogen (secondary N) is 1. The van der Waals surface area contributed by atoms with Crippen LogP contribution in [-0.2, 0) is 6.42 Å². The summed E-state index contributed by atoms with van der Waals surface area (Å²) in [5.41, 5.74) is 2.51. The van der Waals surface area contributed by atoms with Crippen LogP contribution in [0.25, 0.3) is 0 Å². The third-order valence-corrected chi connectivity index (χ3v) is 4.46. The molecule has 1 aromatic carbocycles. The summed E-state index contributed by atoms with van der Waals surface area (Å²) in [6, 6.07) is 11.5. The molecule has 3 heteroatoms. The molecular formula is C16H22N2S. The van der Waals surface area contributed by atoms with Gasteiger partial charge in [-0.3, -0.25) is 0 Å². The maximum Gasteiger partial charge on any atom is 0.110 e. The molecule has 2 unspecified atom stereocenters. The van der Waals surface area contributed by atoms with Crippen LogP contribution in [0.4, 0.5) is 0 Å². The van der Waals surface area contributed by atoms with E-state index >= 15 is 0 Å². The Bertz CT molecular complexity index is 492. The van der Waals surface area contributed by atoms with Crippen molar-refractivity contribution in [2.24, 2.45) is 0 Å². The SMILES string of the molecule is CCC(Cc1ccccc1)NC(C)c1nc(C)cs1. The predicted octanol–water partition coefficient (Wildman–Crippen LogP) is 4.12. The molecule has 2 nitrogen and oxygen atoms in total. The van der Waals surface area contributed by atoms with E-state index in [0.717, 1.165) is 18.5 Å². The largest absolute Gasteiger partial charge is 0.305 e. The lowest BCUT2D eigenvalue weighted by atomic mass is 10.0. The first-order valence-electron chi connectivity index (χ1n) is 6.91. The molecule has 2 atom stereocenters. The number of thiazole rings is 1. The lowest BCUT2D eigenvalue weighted by Crippen LogP contribution is -2.32. The Hall–Kier alpha value is -1.19. The van der Waals surface area contributed by atoms with E-state index < -0.39 is 0 Å². The number of hydrogen-bond acceptors (Lipinski definition) is 3. The number of rotatable bonds is 6. The zero-order chi connectivity index (χ0) is 13.7. The van der Waals surface area contributed by atoms with Gasteiger partial charge in [0.05, 0.1) is 6.04 Å². The standard InChI is InChI=1S/C16H22N2S/c1-4-15(10-14-8-6-5-7-9-14)18-13(3)16-17-12(2)11-19-16/h5-9,11,13,15,18H,4,10H2,1-3H3. The van der Waals surface area contributed by atoms with Crippen LogP contribution < -0.4 is 5.32 Å². The van der Waals surface area contributed by atoms with Gasteiger partial charge < -0.3 is 5.32 Å². The van der Waals surface area contributed by atoms with Crippen LogP contribution in [0.1, 0.15) is 42.6 Å². The van der Waals surface area contributed by atoms with E-state index in [0.29, 0.717) is 12.1 Å². The van der Waals surface area contributed by atoms with Gasteiger partial charge in [0.25, 0.3) is 0 Å². The van der Waals surface area contributed by atoms with E-state index in [1.54, 1.807) is 11.3 Å². The van der Waals surface area contributed by atoms with Gasteiger partial charge in [0.1, 0.15) is 5.01 Å². The fourth-order valence-corrected chi connectivity index (χ4v) is 3.03. The van der Waals surface area contributed by atoms with Gasteiger partial charge >= 0.3 is 0 Å². The van der Waals surface area contributed by atoms with Gasteiger partial charge in [-0.05, 0) is 32.3 Å². The van der Waals surface area contributed by atoms with Crippen molar-refractivity contribution in [1.29, 1.82) is 0 Å². The molecule has 0 aliphatic carbocycles. The monoisotopic (exact) mass is 274 g/mol. The van der Waals surface area contributed by atoms with Gasteiger partial charge in [0.15, 0.2) is 0 Å². The summed E-state index contributed by atoms with van der Waals surface area (Å²) in [5, 5.41) is 6.99. The average Bonchev–Trinajstić information content (AvgIpc) is 2.86. The van der Waals surface area contributed by atoms with Crippen molar-refractivity contribution in [3.63, 3.8) is 0 Å². The van der Waals surface area contributed by atoms with Crippen molar-refractivity contribution in [1.82, 2.24) is 10.3 Å². The van der Waals surface area contributed by atoms with Crippen LogP contribution in [0.15, 0.2) is 35.7 Å². The predicted molar refractivity (Wildman–Crippen MR) is 82.6 cm³/mol. The second-order valence-electron chi connectivity index (χ2n) is 5.01. The minimum Gasteiger partial charge on any atom is -0.305 e. The highest BCUT2D eigenvalue weighted by atomic mass is 32.1. The minimum absolute atomic E-state index is 0.326. The van der Waals surface area contributed by atoms with Gasteiger partial charge in [-0.15, -0.1) is 11.3 Å². The van der Waals surface area contributed by atoms with E-state index in [2.05, 4.69) is 59.9 Å². The first kappa shape index (κ1) is 14.2. The van der Waals surface area contributed by atoms with E-state index in [4.69, 9.17) is 0 Å². The van der Waals surface area contributed by atoms with E-state index in [1.165, 1.54) is 10.6 Å². The molecule has 0 amide bonds. The van der Waals surface area contributed by atoms with Crippen LogP contribution in [0.5, 0.6) is 0 Å². The molecule has 0 aliphatic heterocycles.